The fourth-order valence-electron chi connectivity index (χ4n) is 3.25. The minimum absolute atomic E-state index is 0.288. The zero-order valence-corrected chi connectivity index (χ0v) is 17.2. The lowest BCUT2D eigenvalue weighted by Crippen LogP contribution is -2.15. The highest BCUT2D eigenvalue weighted by Crippen LogP contribution is 2.35. The van der Waals surface area contributed by atoms with Crippen LogP contribution in [0.25, 0.3) is 20.8 Å². The number of thiazole rings is 1. The van der Waals surface area contributed by atoms with Gasteiger partial charge in [-0.15, -0.1) is 11.3 Å². The smallest absolute Gasteiger partial charge is 0.263 e. The number of benzene rings is 3. The van der Waals surface area contributed by atoms with Gasteiger partial charge in [-0.1, -0.05) is 30.3 Å². The maximum atomic E-state index is 13.0. The third-order valence-electron chi connectivity index (χ3n) is 4.76. The SMILES string of the molecule is COc1cccc(OC)c1C(=O)Nc1cccc(-c2nc3ccccc3s2)c1C. The highest BCUT2D eigenvalue weighted by atomic mass is 32.1. The van der Waals surface area contributed by atoms with Crippen molar-refractivity contribution in [3.05, 3.63) is 71.8 Å². The average Bonchev–Trinajstić information content (AvgIpc) is 3.18. The van der Waals surface area contributed by atoms with E-state index in [0.29, 0.717) is 17.1 Å². The van der Waals surface area contributed by atoms with Crippen molar-refractivity contribution in [3.8, 4) is 22.1 Å². The molecule has 0 saturated heterocycles. The third-order valence-corrected chi connectivity index (χ3v) is 5.83. The lowest BCUT2D eigenvalue weighted by atomic mass is 10.1. The van der Waals surface area contributed by atoms with Crippen molar-refractivity contribution >= 4 is 33.1 Å². The standard InChI is InChI=1S/C23H20N2O3S/c1-14-15(23-25-17-9-4-5-13-20(17)29-23)8-6-10-16(14)24-22(26)21-18(27-2)11-7-12-19(21)28-3/h4-13H,1-3H3,(H,24,26). The highest BCUT2D eigenvalue weighted by molar-refractivity contribution is 7.21. The fourth-order valence-corrected chi connectivity index (χ4v) is 4.30. The van der Waals surface area contributed by atoms with Gasteiger partial charge in [-0.2, -0.15) is 0 Å². The van der Waals surface area contributed by atoms with Gasteiger partial charge in [0.15, 0.2) is 0 Å². The van der Waals surface area contributed by atoms with E-state index in [1.165, 1.54) is 14.2 Å². The van der Waals surface area contributed by atoms with E-state index in [1.54, 1.807) is 29.5 Å². The summed E-state index contributed by atoms with van der Waals surface area (Å²) >= 11 is 1.64. The fraction of sp³-hybridized carbons (Fsp3) is 0.130. The number of aromatic nitrogens is 1. The lowest BCUT2D eigenvalue weighted by Gasteiger charge is -2.15. The quantitative estimate of drug-likeness (QED) is 0.474. The molecule has 0 radical (unpaired) electrons. The van der Waals surface area contributed by atoms with Gasteiger partial charge in [0, 0.05) is 11.3 Å². The maximum Gasteiger partial charge on any atom is 0.263 e. The molecule has 1 amide bonds. The number of hydrogen-bond acceptors (Lipinski definition) is 5. The number of amides is 1. The zero-order chi connectivity index (χ0) is 20.4. The summed E-state index contributed by atoms with van der Waals surface area (Å²) in [5.74, 6) is 0.632. The summed E-state index contributed by atoms with van der Waals surface area (Å²) in [6.07, 6.45) is 0. The topological polar surface area (TPSA) is 60.5 Å². The molecule has 0 aliphatic carbocycles. The van der Waals surface area contributed by atoms with Crippen LogP contribution in [0.5, 0.6) is 11.5 Å². The number of anilines is 1. The van der Waals surface area contributed by atoms with Gasteiger partial charge < -0.3 is 14.8 Å². The Kier molecular flexibility index (Phi) is 5.18. The van der Waals surface area contributed by atoms with Crippen LogP contribution in [-0.2, 0) is 0 Å². The number of hydrogen-bond donors (Lipinski definition) is 1. The van der Waals surface area contributed by atoms with E-state index in [9.17, 15) is 4.79 Å². The van der Waals surface area contributed by atoms with Crippen LogP contribution in [0.4, 0.5) is 5.69 Å². The van der Waals surface area contributed by atoms with Crippen molar-refractivity contribution in [1.82, 2.24) is 4.98 Å². The zero-order valence-electron chi connectivity index (χ0n) is 16.4. The van der Waals surface area contributed by atoms with Crippen LogP contribution in [0.2, 0.25) is 0 Å². The van der Waals surface area contributed by atoms with E-state index in [0.717, 1.165) is 32.0 Å². The van der Waals surface area contributed by atoms with Crippen LogP contribution in [0, 0.1) is 6.92 Å². The van der Waals surface area contributed by atoms with Crippen molar-refractivity contribution in [3.63, 3.8) is 0 Å². The van der Waals surface area contributed by atoms with Gasteiger partial charge >= 0.3 is 0 Å². The molecule has 1 N–H and O–H groups in total. The Hall–Kier alpha value is -3.38. The number of nitrogens with one attached hydrogen (secondary N) is 1. The van der Waals surface area contributed by atoms with Crippen molar-refractivity contribution in [1.29, 1.82) is 0 Å². The first-order valence-electron chi connectivity index (χ1n) is 9.10. The molecule has 3 aromatic carbocycles. The summed E-state index contributed by atoms with van der Waals surface area (Å²) in [7, 11) is 3.06. The van der Waals surface area contributed by atoms with Crippen LogP contribution in [0.3, 0.4) is 0 Å². The normalized spacial score (nSPS) is 10.7. The minimum atomic E-state index is -0.288. The first-order valence-corrected chi connectivity index (χ1v) is 9.92. The Labute approximate surface area is 172 Å². The van der Waals surface area contributed by atoms with Crippen molar-refractivity contribution < 1.29 is 14.3 Å². The Morgan fingerprint density at radius 1 is 0.931 bits per heavy atom. The van der Waals surface area contributed by atoms with Gasteiger partial charge in [0.25, 0.3) is 5.91 Å². The van der Waals surface area contributed by atoms with Crippen LogP contribution in [0.15, 0.2) is 60.7 Å². The number of rotatable bonds is 5. The van der Waals surface area contributed by atoms with E-state index in [4.69, 9.17) is 14.5 Å². The Morgan fingerprint density at radius 2 is 1.62 bits per heavy atom. The van der Waals surface area contributed by atoms with E-state index < -0.39 is 0 Å². The first kappa shape index (κ1) is 19.0. The summed E-state index contributed by atoms with van der Waals surface area (Å²) in [5, 5.41) is 3.92. The molecule has 0 fully saturated rings. The number of fused-ring (bicyclic) bond motifs is 1. The summed E-state index contributed by atoms with van der Waals surface area (Å²) in [6.45, 7) is 1.98. The molecule has 1 aromatic heterocycles. The molecule has 0 bridgehead atoms. The molecule has 0 atom stereocenters. The Morgan fingerprint density at radius 3 is 2.31 bits per heavy atom. The number of nitrogens with zero attached hydrogens (tertiary/aromatic N) is 1. The second-order valence-electron chi connectivity index (χ2n) is 6.46. The van der Waals surface area contributed by atoms with E-state index >= 15 is 0 Å². The molecular weight excluding hydrogens is 384 g/mol. The molecule has 29 heavy (non-hydrogen) atoms. The number of ether oxygens (including phenoxy) is 2. The molecule has 0 saturated carbocycles. The molecule has 0 aliphatic rings. The Bertz CT molecular complexity index is 1140. The molecule has 0 unspecified atom stereocenters. The predicted molar refractivity (Wildman–Crippen MR) is 117 cm³/mol. The van der Waals surface area contributed by atoms with Gasteiger partial charge in [0.2, 0.25) is 0 Å². The van der Waals surface area contributed by atoms with Gasteiger partial charge in [-0.3, -0.25) is 4.79 Å². The second kappa shape index (κ2) is 7.93. The monoisotopic (exact) mass is 404 g/mol. The second-order valence-corrected chi connectivity index (χ2v) is 7.49. The largest absolute Gasteiger partial charge is 0.496 e. The lowest BCUT2D eigenvalue weighted by molar-refractivity contribution is 0.102. The minimum Gasteiger partial charge on any atom is -0.496 e. The molecule has 6 heteroatoms. The molecule has 146 valence electrons. The summed E-state index contributed by atoms with van der Waals surface area (Å²) in [4.78, 5) is 17.8. The highest BCUT2D eigenvalue weighted by Gasteiger charge is 2.20. The average molecular weight is 404 g/mol. The maximum absolute atomic E-state index is 13.0. The number of carbonyl (C=O) groups excluding carboxylic acids is 1. The molecule has 4 aromatic rings. The van der Waals surface area contributed by atoms with E-state index in [1.807, 2.05) is 43.3 Å². The Balaban J connectivity index is 1.71. The summed E-state index contributed by atoms with van der Waals surface area (Å²) < 4.78 is 11.8. The molecule has 0 spiro atoms. The molecular formula is C23H20N2O3S. The van der Waals surface area contributed by atoms with Crippen LogP contribution in [-0.4, -0.2) is 25.1 Å². The van der Waals surface area contributed by atoms with Crippen LogP contribution >= 0.6 is 11.3 Å². The van der Waals surface area contributed by atoms with Crippen molar-refractivity contribution in [2.75, 3.05) is 19.5 Å². The third kappa shape index (κ3) is 3.54. The van der Waals surface area contributed by atoms with Gasteiger partial charge in [0.1, 0.15) is 22.1 Å². The predicted octanol–water partition coefficient (Wildman–Crippen LogP) is 5.54. The van der Waals surface area contributed by atoms with Crippen molar-refractivity contribution in [2.45, 2.75) is 6.92 Å². The molecule has 4 rings (SSSR count). The van der Waals surface area contributed by atoms with Gasteiger partial charge in [0.05, 0.1) is 24.4 Å². The first-order chi connectivity index (χ1) is 14.1. The summed E-state index contributed by atoms with van der Waals surface area (Å²) in [6, 6.07) is 19.1. The summed E-state index contributed by atoms with van der Waals surface area (Å²) in [5.41, 5.74) is 4.01. The van der Waals surface area contributed by atoms with Gasteiger partial charge in [-0.25, -0.2) is 4.98 Å². The van der Waals surface area contributed by atoms with Crippen molar-refractivity contribution in [2.24, 2.45) is 0 Å². The van der Waals surface area contributed by atoms with Gasteiger partial charge in [-0.05, 0) is 42.8 Å². The number of carbonyl (C=O) groups is 1. The molecule has 0 aliphatic heterocycles. The number of para-hydroxylation sites is 1. The van der Waals surface area contributed by atoms with E-state index in [-0.39, 0.29) is 5.91 Å². The molecule has 5 nitrogen and oxygen atoms in total. The van der Waals surface area contributed by atoms with E-state index in [2.05, 4.69) is 11.4 Å². The van der Waals surface area contributed by atoms with Crippen LogP contribution < -0.4 is 14.8 Å². The molecule has 1 heterocycles. The van der Waals surface area contributed by atoms with Crippen LogP contribution in [0.1, 0.15) is 15.9 Å². The number of methoxy groups -OCH3 is 2.